The minimum absolute atomic E-state index is 0.383. The molecule has 1 aliphatic carbocycles. The highest BCUT2D eigenvalue weighted by Gasteiger charge is 2.25. The largest absolute Gasteiger partial charge is 0.467 e. The zero-order valence-electron chi connectivity index (χ0n) is 14.7. The van der Waals surface area contributed by atoms with E-state index in [4.69, 9.17) is 15.1 Å². The van der Waals surface area contributed by atoms with Gasteiger partial charge in [0.1, 0.15) is 5.76 Å². The predicted octanol–water partition coefficient (Wildman–Crippen LogP) is 4.34. The highest BCUT2D eigenvalue weighted by atomic mass is 32.1. The Morgan fingerprint density at radius 3 is 2.96 bits per heavy atom. The van der Waals surface area contributed by atoms with E-state index >= 15 is 0 Å². The standard InChI is InChI=1S/C19H22N4O2S/c1-12-15(18(20)24)9-17(23(12)13-5-2-3-6-13)16-11-26-19(22-16)21-10-14-7-4-8-25-14/h4,7-9,11,13H,2-3,5-6,10H2,1H3,(H2,20,24)(H,21,22). The molecule has 6 nitrogen and oxygen atoms in total. The number of furan rings is 1. The van der Waals surface area contributed by atoms with Gasteiger partial charge < -0.3 is 20.0 Å². The summed E-state index contributed by atoms with van der Waals surface area (Å²) in [6, 6.07) is 6.10. The van der Waals surface area contributed by atoms with Crippen LogP contribution in [0.5, 0.6) is 0 Å². The van der Waals surface area contributed by atoms with Crippen LogP contribution in [0.15, 0.2) is 34.3 Å². The Morgan fingerprint density at radius 1 is 1.46 bits per heavy atom. The number of carbonyl (C=O) groups excluding carboxylic acids is 1. The summed E-state index contributed by atoms with van der Waals surface area (Å²) < 4.78 is 7.60. The average Bonchev–Trinajstić information content (AvgIpc) is 3.39. The van der Waals surface area contributed by atoms with Gasteiger partial charge in [0.25, 0.3) is 5.91 Å². The zero-order valence-corrected chi connectivity index (χ0v) is 15.5. The first-order valence-electron chi connectivity index (χ1n) is 8.87. The molecule has 1 aliphatic rings. The maximum atomic E-state index is 11.8. The molecule has 4 rings (SSSR count). The number of thiazole rings is 1. The predicted molar refractivity (Wildman–Crippen MR) is 102 cm³/mol. The van der Waals surface area contributed by atoms with Gasteiger partial charge in [0.05, 0.1) is 29.8 Å². The molecule has 7 heteroatoms. The van der Waals surface area contributed by atoms with Crippen LogP contribution in [-0.4, -0.2) is 15.5 Å². The molecule has 136 valence electrons. The number of carbonyl (C=O) groups is 1. The van der Waals surface area contributed by atoms with Crippen LogP contribution in [0.4, 0.5) is 5.13 Å². The first-order chi connectivity index (χ1) is 12.6. The number of anilines is 1. The first-order valence-corrected chi connectivity index (χ1v) is 9.75. The summed E-state index contributed by atoms with van der Waals surface area (Å²) in [5, 5.41) is 6.13. The van der Waals surface area contributed by atoms with Crippen LogP contribution in [0.1, 0.15) is 53.5 Å². The molecule has 1 fully saturated rings. The number of primary amides is 1. The molecule has 3 aromatic heterocycles. The lowest BCUT2D eigenvalue weighted by atomic mass is 10.2. The second-order valence-electron chi connectivity index (χ2n) is 6.67. The van der Waals surface area contributed by atoms with Gasteiger partial charge in [0.15, 0.2) is 5.13 Å². The number of nitrogens with two attached hydrogens (primary N) is 1. The van der Waals surface area contributed by atoms with Gasteiger partial charge in [0.2, 0.25) is 0 Å². The van der Waals surface area contributed by atoms with Crippen LogP contribution in [0.2, 0.25) is 0 Å². The van der Waals surface area contributed by atoms with Gasteiger partial charge in [-0.2, -0.15) is 0 Å². The minimum atomic E-state index is -0.383. The number of amides is 1. The molecule has 3 aromatic rings. The van der Waals surface area contributed by atoms with Crippen molar-refractivity contribution in [2.45, 2.75) is 45.2 Å². The van der Waals surface area contributed by atoms with Gasteiger partial charge in [-0.05, 0) is 38.0 Å². The molecule has 0 atom stereocenters. The highest BCUT2D eigenvalue weighted by molar-refractivity contribution is 7.14. The Morgan fingerprint density at radius 2 is 2.27 bits per heavy atom. The molecule has 1 amide bonds. The fraction of sp³-hybridized carbons (Fsp3) is 0.368. The minimum Gasteiger partial charge on any atom is -0.467 e. The third-order valence-electron chi connectivity index (χ3n) is 5.01. The van der Waals surface area contributed by atoms with E-state index in [0.717, 1.165) is 40.8 Å². The first kappa shape index (κ1) is 16.9. The van der Waals surface area contributed by atoms with Gasteiger partial charge in [0, 0.05) is 17.1 Å². The summed E-state index contributed by atoms with van der Waals surface area (Å²) in [6.07, 6.45) is 6.37. The molecule has 26 heavy (non-hydrogen) atoms. The molecule has 0 aromatic carbocycles. The number of hydrogen-bond acceptors (Lipinski definition) is 5. The summed E-state index contributed by atoms with van der Waals surface area (Å²) in [7, 11) is 0. The molecule has 3 heterocycles. The number of rotatable bonds is 6. The lowest BCUT2D eigenvalue weighted by Gasteiger charge is -2.18. The van der Waals surface area contributed by atoms with Crippen LogP contribution in [0.3, 0.4) is 0 Å². The van der Waals surface area contributed by atoms with Crippen LogP contribution in [-0.2, 0) is 6.54 Å². The molecule has 0 bridgehead atoms. The van der Waals surface area contributed by atoms with E-state index in [9.17, 15) is 4.79 Å². The fourth-order valence-corrected chi connectivity index (χ4v) is 4.45. The van der Waals surface area contributed by atoms with Crippen molar-refractivity contribution in [1.29, 1.82) is 0 Å². The number of aromatic nitrogens is 2. The van der Waals surface area contributed by atoms with E-state index in [1.165, 1.54) is 12.8 Å². The fourth-order valence-electron chi connectivity index (χ4n) is 3.75. The summed E-state index contributed by atoms with van der Waals surface area (Å²) in [5.41, 5.74) is 8.97. The third-order valence-corrected chi connectivity index (χ3v) is 5.81. The topological polar surface area (TPSA) is 86.1 Å². The average molecular weight is 370 g/mol. The Kier molecular flexibility index (Phi) is 4.55. The van der Waals surface area contributed by atoms with Crippen molar-refractivity contribution in [3.8, 4) is 11.4 Å². The van der Waals surface area contributed by atoms with Gasteiger partial charge in [-0.25, -0.2) is 4.98 Å². The molecule has 3 N–H and O–H groups in total. The number of nitrogens with zero attached hydrogens (tertiary/aromatic N) is 2. The van der Waals surface area contributed by atoms with Crippen molar-refractivity contribution < 1.29 is 9.21 Å². The Hall–Kier alpha value is -2.54. The second kappa shape index (κ2) is 6.99. The molecular weight excluding hydrogens is 348 g/mol. The zero-order chi connectivity index (χ0) is 18.1. The molecular formula is C19H22N4O2S. The van der Waals surface area contributed by atoms with E-state index < -0.39 is 0 Å². The quantitative estimate of drug-likeness (QED) is 0.676. The number of nitrogens with one attached hydrogen (secondary N) is 1. The Balaban J connectivity index is 1.64. The van der Waals surface area contributed by atoms with Crippen molar-refractivity contribution in [2.75, 3.05) is 5.32 Å². The van der Waals surface area contributed by atoms with Gasteiger partial charge in [-0.3, -0.25) is 4.79 Å². The summed E-state index contributed by atoms with van der Waals surface area (Å²) in [4.78, 5) is 16.6. The maximum Gasteiger partial charge on any atom is 0.250 e. The van der Waals surface area contributed by atoms with E-state index in [1.54, 1.807) is 17.6 Å². The Bertz CT molecular complexity index is 904. The second-order valence-corrected chi connectivity index (χ2v) is 7.53. The van der Waals surface area contributed by atoms with Crippen LogP contribution in [0.25, 0.3) is 11.4 Å². The van der Waals surface area contributed by atoms with Crippen molar-refractivity contribution in [1.82, 2.24) is 9.55 Å². The van der Waals surface area contributed by atoms with Crippen molar-refractivity contribution in [3.05, 3.63) is 46.9 Å². The van der Waals surface area contributed by atoms with E-state index in [2.05, 4.69) is 9.88 Å². The SMILES string of the molecule is Cc1c(C(N)=O)cc(-c2csc(NCc3ccco3)n2)n1C1CCCC1. The van der Waals surface area contributed by atoms with E-state index in [1.807, 2.05) is 30.5 Å². The van der Waals surface area contributed by atoms with Crippen LogP contribution in [0, 0.1) is 6.92 Å². The van der Waals surface area contributed by atoms with Gasteiger partial charge >= 0.3 is 0 Å². The van der Waals surface area contributed by atoms with Crippen molar-refractivity contribution >= 4 is 22.4 Å². The molecule has 0 radical (unpaired) electrons. The van der Waals surface area contributed by atoms with E-state index in [0.29, 0.717) is 18.2 Å². The van der Waals surface area contributed by atoms with Gasteiger partial charge in [-0.15, -0.1) is 11.3 Å². The molecule has 0 unspecified atom stereocenters. The number of hydrogen-bond donors (Lipinski definition) is 2. The summed E-state index contributed by atoms with van der Waals surface area (Å²) in [6.45, 7) is 2.57. The molecule has 0 saturated heterocycles. The van der Waals surface area contributed by atoms with Gasteiger partial charge in [-0.1, -0.05) is 12.8 Å². The van der Waals surface area contributed by atoms with Crippen LogP contribution >= 0.6 is 11.3 Å². The highest BCUT2D eigenvalue weighted by Crippen LogP contribution is 2.37. The Labute approximate surface area is 156 Å². The molecule has 0 aliphatic heterocycles. The molecule has 0 spiro atoms. The van der Waals surface area contributed by atoms with Crippen LogP contribution < -0.4 is 11.1 Å². The van der Waals surface area contributed by atoms with Crippen molar-refractivity contribution in [2.24, 2.45) is 5.73 Å². The maximum absolute atomic E-state index is 11.8. The summed E-state index contributed by atoms with van der Waals surface area (Å²) in [5.74, 6) is 0.481. The smallest absolute Gasteiger partial charge is 0.250 e. The third kappa shape index (κ3) is 3.14. The lowest BCUT2D eigenvalue weighted by molar-refractivity contribution is 0.0999. The molecule has 1 saturated carbocycles. The van der Waals surface area contributed by atoms with Crippen molar-refractivity contribution in [3.63, 3.8) is 0 Å². The summed E-state index contributed by atoms with van der Waals surface area (Å²) >= 11 is 1.55. The van der Waals surface area contributed by atoms with E-state index in [-0.39, 0.29) is 5.91 Å². The normalized spacial score (nSPS) is 14.8. The lowest BCUT2D eigenvalue weighted by Crippen LogP contribution is -2.14. The monoisotopic (exact) mass is 370 g/mol.